The summed E-state index contributed by atoms with van der Waals surface area (Å²) in [4.78, 5) is 24.5. The first kappa shape index (κ1) is 20.9. The number of rotatable bonds is 5. The van der Waals surface area contributed by atoms with Crippen LogP contribution in [0.15, 0.2) is 48.5 Å². The highest BCUT2D eigenvalue weighted by Gasteiger charge is 2.37. The Labute approximate surface area is 163 Å². The topological polar surface area (TPSA) is 84.2 Å². The minimum absolute atomic E-state index is 0. The smallest absolute Gasteiger partial charge is 0.244 e. The van der Waals surface area contributed by atoms with Crippen molar-refractivity contribution in [2.75, 3.05) is 10.6 Å². The fraction of sp³-hybridized carbons (Fsp3) is 0.300. The van der Waals surface area contributed by atoms with E-state index in [4.69, 9.17) is 5.73 Å². The molecule has 0 heterocycles. The molecule has 2 aromatic rings. The van der Waals surface area contributed by atoms with Gasteiger partial charge in [-0.1, -0.05) is 43.2 Å². The molecule has 3 rings (SSSR count). The summed E-state index contributed by atoms with van der Waals surface area (Å²) in [6.07, 6.45) is 3.27. The lowest BCUT2D eigenvalue weighted by atomic mass is 9.98. The predicted molar refractivity (Wildman–Crippen MR) is 106 cm³/mol. The van der Waals surface area contributed by atoms with E-state index < -0.39 is 11.4 Å². The number of anilines is 2. The molecule has 27 heavy (non-hydrogen) atoms. The second kappa shape index (κ2) is 8.97. The first-order chi connectivity index (χ1) is 12.5. The van der Waals surface area contributed by atoms with E-state index in [0.29, 0.717) is 18.5 Å². The molecule has 4 N–H and O–H groups in total. The third-order valence-electron chi connectivity index (χ3n) is 4.65. The molecule has 5 nitrogen and oxygen atoms in total. The summed E-state index contributed by atoms with van der Waals surface area (Å²) in [5, 5.41) is 5.29. The molecular weight excluding hydrogens is 369 g/mol. The van der Waals surface area contributed by atoms with Crippen molar-refractivity contribution in [2.45, 2.75) is 37.6 Å². The number of hydrogen-bond acceptors (Lipinski definition) is 3. The van der Waals surface area contributed by atoms with Gasteiger partial charge in [0.15, 0.2) is 0 Å². The van der Waals surface area contributed by atoms with Crippen LogP contribution in [0.25, 0.3) is 0 Å². The van der Waals surface area contributed by atoms with Gasteiger partial charge in [-0.3, -0.25) is 9.59 Å². The third kappa shape index (κ3) is 5.28. The number of hydrogen-bond donors (Lipinski definition) is 3. The van der Waals surface area contributed by atoms with E-state index in [9.17, 15) is 14.0 Å². The summed E-state index contributed by atoms with van der Waals surface area (Å²) >= 11 is 0. The Kier molecular flexibility index (Phi) is 6.93. The highest BCUT2D eigenvalue weighted by Crippen LogP contribution is 2.29. The van der Waals surface area contributed by atoms with Crippen molar-refractivity contribution < 1.29 is 14.0 Å². The summed E-state index contributed by atoms with van der Waals surface area (Å²) in [6.45, 7) is 0. The van der Waals surface area contributed by atoms with Gasteiger partial charge >= 0.3 is 0 Å². The van der Waals surface area contributed by atoms with Crippen LogP contribution in [0, 0.1) is 5.82 Å². The number of nitrogens with two attached hydrogens (primary N) is 1. The Morgan fingerprint density at radius 1 is 1.04 bits per heavy atom. The molecule has 0 saturated heterocycles. The minimum atomic E-state index is -0.870. The molecule has 2 aromatic carbocycles. The number of amides is 2. The zero-order chi connectivity index (χ0) is 18.6. The van der Waals surface area contributed by atoms with Crippen molar-refractivity contribution in [3.8, 4) is 0 Å². The molecule has 0 atom stereocenters. The van der Waals surface area contributed by atoms with Crippen molar-refractivity contribution in [1.82, 2.24) is 0 Å². The fourth-order valence-corrected chi connectivity index (χ4v) is 3.16. The molecule has 1 aliphatic rings. The molecule has 0 radical (unpaired) electrons. The molecule has 7 heteroatoms. The number of carbonyl (C=O) groups excluding carboxylic acids is 2. The highest BCUT2D eigenvalue weighted by atomic mass is 35.5. The van der Waals surface area contributed by atoms with Gasteiger partial charge in [0.05, 0.1) is 17.6 Å². The van der Waals surface area contributed by atoms with Crippen LogP contribution in [0.1, 0.15) is 31.2 Å². The van der Waals surface area contributed by atoms with Crippen molar-refractivity contribution in [1.29, 1.82) is 0 Å². The molecule has 0 bridgehead atoms. The van der Waals surface area contributed by atoms with Crippen molar-refractivity contribution in [3.05, 3.63) is 59.9 Å². The summed E-state index contributed by atoms with van der Waals surface area (Å²) < 4.78 is 14.0. The van der Waals surface area contributed by atoms with E-state index >= 15 is 0 Å². The lowest BCUT2D eigenvalue weighted by Crippen LogP contribution is -2.48. The molecule has 1 saturated carbocycles. The highest BCUT2D eigenvalue weighted by molar-refractivity contribution is 5.99. The number of halogens is 2. The Balaban J connectivity index is 0.00000261. The van der Waals surface area contributed by atoms with Crippen LogP contribution in [0.3, 0.4) is 0 Å². The van der Waals surface area contributed by atoms with E-state index in [0.717, 1.165) is 18.4 Å². The summed E-state index contributed by atoms with van der Waals surface area (Å²) in [5.41, 5.74) is 6.53. The molecule has 0 aromatic heterocycles. The number of carbonyl (C=O) groups is 2. The van der Waals surface area contributed by atoms with Gasteiger partial charge in [-0.15, -0.1) is 12.4 Å². The van der Waals surface area contributed by atoms with Gasteiger partial charge in [0.1, 0.15) is 5.82 Å². The van der Waals surface area contributed by atoms with E-state index in [2.05, 4.69) is 10.6 Å². The molecular formula is C20H23ClFN3O2. The minimum Gasteiger partial charge on any atom is -0.324 e. The zero-order valence-electron chi connectivity index (χ0n) is 14.8. The maximum atomic E-state index is 14.0. The van der Waals surface area contributed by atoms with Gasteiger partial charge in [-0.25, -0.2) is 4.39 Å². The molecule has 144 valence electrons. The zero-order valence-corrected chi connectivity index (χ0v) is 15.7. The normalized spacial score (nSPS) is 14.9. The first-order valence-electron chi connectivity index (χ1n) is 8.70. The van der Waals surface area contributed by atoms with Crippen molar-refractivity contribution in [2.24, 2.45) is 5.73 Å². The molecule has 0 aliphatic heterocycles. The van der Waals surface area contributed by atoms with Crippen LogP contribution in [-0.4, -0.2) is 17.4 Å². The van der Waals surface area contributed by atoms with Crippen LogP contribution in [-0.2, 0) is 16.0 Å². The predicted octanol–water partition coefficient (Wildman–Crippen LogP) is 3.64. The van der Waals surface area contributed by atoms with Crippen LogP contribution in [0.4, 0.5) is 15.8 Å². The van der Waals surface area contributed by atoms with Gasteiger partial charge in [0, 0.05) is 5.69 Å². The molecule has 2 amide bonds. The van der Waals surface area contributed by atoms with Crippen molar-refractivity contribution >= 4 is 35.6 Å². The first-order valence-corrected chi connectivity index (χ1v) is 8.70. The van der Waals surface area contributed by atoms with Gasteiger partial charge in [0.2, 0.25) is 11.8 Å². The number of benzene rings is 2. The van der Waals surface area contributed by atoms with Gasteiger partial charge < -0.3 is 16.4 Å². The second-order valence-electron chi connectivity index (χ2n) is 6.72. The van der Waals surface area contributed by atoms with Gasteiger partial charge in [-0.05, 0) is 36.6 Å². The second-order valence-corrected chi connectivity index (χ2v) is 6.72. The summed E-state index contributed by atoms with van der Waals surface area (Å²) in [6, 6.07) is 13.3. The van der Waals surface area contributed by atoms with E-state index in [-0.39, 0.29) is 36.3 Å². The monoisotopic (exact) mass is 391 g/mol. The largest absolute Gasteiger partial charge is 0.324 e. The van der Waals surface area contributed by atoms with E-state index in [1.807, 2.05) is 30.3 Å². The lowest BCUT2D eigenvalue weighted by molar-refractivity contribution is -0.121. The fourth-order valence-electron chi connectivity index (χ4n) is 3.16. The van der Waals surface area contributed by atoms with Crippen LogP contribution >= 0.6 is 12.4 Å². The maximum Gasteiger partial charge on any atom is 0.244 e. The summed E-state index contributed by atoms with van der Waals surface area (Å²) in [5.74, 6) is -1.17. The molecule has 1 fully saturated rings. The lowest BCUT2D eigenvalue weighted by Gasteiger charge is -2.22. The number of nitrogens with one attached hydrogen (secondary N) is 2. The van der Waals surface area contributed by atoms with Gasteiger partial charge in [-0.2, -0.15) is 0 Å². The Hall–Kier alpha value is -2.44. The van der Waals surface area contributed by atoms with Crippen LogP contribution in [0.5, 0.6) is 0 Å². The van der Waals surface area contributed by atoms with Crippen LogP contribution in [0.2, 0.25) is 0 Å². The Morgan fingerprint density at radius 2 is 1.70 bits per heavy atom. The summed E-state index contributed by atoms with van der Waals surface area (Å²) in [7, 11) is 0. The van der Waals surface area contributed by atoms with Gasteiger partial charge in [0.25, 0.3) is 0 Å². The van der Waals surface area contributed by atoms with Crippen LogP contribution < -0.4 is 16.4 Å². The Bertz CT molecular complexity index is 808. The maximum absolute atomic E-state index is 14.0. The molecule has 1 aliphatic carbocycles. The SMILES string of the molecule is Cl.NC1(C(=O)Nc2ccc(F)c(NC(=O)Cc3ccccc3)c2)CCCC1. The molecule has 0 unspecified atom stereocenters. The molecule has 0 spiro atoms. The third-order valence-corrected chi connectivity index (χ3v) is 4.65. The van der Waals surface area contributed by atoms with E-state index in [1.165, 1.54) is 18.2 Å². The standard InChI is InChI=1S/C20H22FN3O2.ClH/c21-16-9-8-15(23-19(26)20(22)10-4-5-11-20)13-17(16)24-18(25)12-14-6-2-1-3-7-14;/h1-3,6-9,13H,4-5,10-12,22H2,(H,23,26)(H,24,25);1H. The quantitative estimate of drug-likeness (QED) is 0.727. The average molecular weight is 392 g/mol. The Morgan fingerprint density at radius 3 is 2.37 bits per heavy atom. The average Bonchev–Trinajstić information content (AvgIpc) is 3.07. The van der Waals surface area contributed by atoms with Crippen molar-refractivity contribution in [3.63, 3.8) is 0 Å². The van der Waals surface area contributed by atoms with E-state index in [1.54, 1.807) is 0 Å².